The third-order valence-corrected chi connectivity index (χ3v) is 1.000. The minimum absolute atomic E-state index is 0.0741. The third kappa shape index (κ3) is 1.28. The van der Waals surface area contributed by atoms with Gasteiger partial charge in [-0.1, -0.05) is 0 Å². The van der Waals surface area contributed by atoms with E-state index in [0.29, 0.717) is 12.0 Å². The molecule has 0 saturated heterocycles. The van der Waals surface area contributed by atoms with Crippen molar-refractivity contribution in [3.05, 3.63) is 27.9 Å². The summed E-state index contributed by atoms with van der Waals surface area (Å²) in [6, 6.07) is 1.33. The number of rotatable bonds is 1. The Balaban J connectivity index is 3.32. The molecule has 10 heavy (non-hydrogen) atoms. The second-order valence-corrected chi connectivity index (χ2v) is 1.89. The molecule has 0 bridgehead atoms. The number of hydrogen-bond acceptors (Lipinski definition) is 3. The van der Waals surface area contributed by atoms with E-state index < -0.39 is 0 Å². The van der Waals surface area contributed by atoms with Gasteiger partial charge in [0.1, 0.15) is 0 Å². The molecule has 0 aliphatic rings. The fourth-order valence-corrected chi connectivity index (χ4v) is 0.658. The van der Waals surface area contributed by atoms with Crippen molar-refractivity contribution in [2.45, 2.75) is 6.92 Å². The predicted molar refractivity (Wildman–Crippen MR) is 35.0 cm³/mol. The zero-order valence-electron chi connectivity index (χ0n) is 5.42. The number of aldehydes is 1. The molecule has 4 nitrogen and oxygen atoms in total. The number of aromatic amines is 1. The molecule has 0 unspecified atom stereocenters. The van der Waals surface area contributed by atoms with Crippen molar-refractivity contribution in [3.8, 4) is 0 Å². The maximum Gasteiger partial charge on any atom is 0.251 e. The van der Waals surface area contributed by atoms with Crippen LogP contribution in [0.4, 0.5) is 0 Å². The number of nitrogens with zero attached hydrogens (tertiary/aromatic N) is 1. The standard InChI is InChI=1S/C6H6N2O2/c1-4-2-6(10)8-5(3-9)7-4/h2-3H,1H3,(H,7,8,10). The Morgan fingerprint density at radius 2 is 2.40 bits per heavy atom. The number of carbonyl (C=O) groups excluding carboxylic acids is 1. The first-order chi connectivity index (χ1) is 4.72. The summed E-state index contributed by atoms with van der Waals surface area (Å²) in [4.78, 5) is 26.7. The molecule has 1 N–H and O–H groups in total. The van der Waals surface area contributed by atoms with Gasteiger partial charge in [-0.15, -0.1) is 0 Å². The molecule has 0 spiro atoms. The summed E-state index contributed by atoms with van der Waals surface area (Å²) < 4.78 is 0. The van der Waals surface area contributed by atoms with Gasteiger partial charge in [0.25, 0.3) is 5.56 Å². The van der Waals surface area contributed by atoms with E-state index in [1.165, 1.54) is 6.07 Å². The monoisotopic (exact) mass is 138 g/mol. The molecular formula is C6H6N2O2. The Kier molecular flexibility index (Phi) is 1.62. The van der Waals surface area contributed by atoms with Crippen LogP contribution in [0.15, 0.2) is 10.9 Å². The highest BCUT2D eigenvalue weighted by Gasteiger charge is 1.93. The minimum atomic E-state index is -0.297. The van der Waals surface area contributed by atoms with Crippen molar-refractivity contribution in [2.75, 3.05) is 0 Å². The van der Waals surface area contributed by atoms with Crippen molar-refractivity contribution in [1.82, 2.24) is 9.97 Å². The van der Waals surface area contributed by atoms with E-state index in [9.17, 15) is 9.59 Å². The first kappa shape index (κ1) is 6.67. The van der Waals surface area contributed by atoms with E-state index in [0.717, 1.165) is 0 Å². The van der Waals surface area contributed by atoms with Crippen molar-refractivity contribution in [2.24, 2.45) is 0 Å². The third-order valence-electron chi connectivity index (χ3n) is 1.000. The Morgan fingerprint density at radius 1 is 1.70 bits per heavy atom. The zero-order valence-corrected chi connectivity index (χ0v) is 5.42. The molecule has 0 aliphatic heterocycles. The average molecular weight is 138 g/mol. The van der Waals surface area contributed by atoms with E-state index in [1.807, 2.05) is 0 Å². The normalized spacial score (nSPS) is 9.30. The van der Waals surface area contributed by atoms with Crippen LogP contribution in [0.5, 0.6) is 0 Å². The minimum Gasteiger partial charge on any atom is -0.304 e. The van der Waals surface area contributed by atoms with Crippen LogP contribution in [-0.4, -0.2) is 16.3 Å². The topological polar surface area (TPSA) is 62.8 Å². The number of aromatic nitrogens is 2. The summed E-state index contributed by atoms with van der Waals surface area (Å²) in [7, 11) is 0. The van der Waals surface area contributed by atoms with Crippen LogP contribution in [0.25, 0.3) is 0 Å². The van der Waals surface area contributed by atoms with E-state index in [1.54, 1.807) is 6.92 Å². The smallest absolute Gasteiger partial charge is 0.251 e. The van der Waals surface area contributed by atoms with Gasteiger partial charge >= 0.3 is 0 Å². The number of nitrogens with one attached hydrogen (secondary N) is 1. The molecule has 0 atom stereocenters. The highest BCUT2D eigenvalue weighted by molar-refractivity contribution is 5.68. The summed E-state index contributed by atoms with van der Waals surface area (Å²) in [5, 5.41) is 0. The average Bonchev–Trinajstić information content (AvgIpc) is 1.85. The van der Waals surface area contributed by atoms with Crippen LogP contribution >= 0.6 is 0 Å². The van der Waals surface area contributed by atoms with Gasteiger partial charge in [0.05, 0.1) is 0 Å². The van der Waals surface area contributed by atoms with Gasteiger partial charge in [0.15, 0.2) is 12.1 Å². The van der Waals surface area contributed by atoms with Gasteiger partial charge in [-0.2, -0.15) is 0 Å². The maximum absolute atomic E-state index is 10.6. The molecule has 1 rings (SSSR count). The van der Waals surface area contributed by atoms with Crippen LogP contribution < -0.4 is 5.56 Å². The molecule has 0 radical (unpaired) electrons. The molecular weight excluding hydrogens is 132 g/mol. The Morgan fingerprint density at radius 3 is 2.90 bits per heavy atom. The summed E-state index contributed by atoms with van der Waals surface area (Å²) in [6.07, 6.45) is 0.508. The molecule has 0 aliphatic carbocycles. The Hall–Kier alpha value is -1.45. The molecule has 0 aromatic carbocycles. The van der Waals surface area contributed by atoms with Gasteiger partial charge in [0, 0.05) is 11.8 Å². The number of hydrogen-bond donors (Lipinski definition) is 1. The van der Waals surface area contributed by atoms with Crippen LogP contribution in [-0.2, 0) is 0 Å². The van der Waals surface area contributed by atoms with Crippen LogP contribution in [0.3, 0.4) is 0 Å². The van der Waals surface area contributed by atoms with E-state index in [2.05, 4.69) is 9.97 Å². The quantitative estimate of drug-likeness (QED) is 0.551. The van der Waals surface area contributed by atoms with Gasteiger partial charge < -0.3 is 4.98 Å². The summed E-state index contributed by atoms with van der Waals surface area (Å²) >= 11 is 0. The Labute approximate surface area is 56.9 Å². The molecule has 0 amide bonds. The van der Waals surface area contributed by atoms with Crippen molar-refractivity contribution in [1.29, 1.82) is 0 Å². The van der Waals surface area contributed by atoms with Gasteiger partial charge in [-0.25, -0.2) is 4.98 Å². The number of carbonyl (C=O) groups is 1. The van der Waals surface area contributed by atoms with E-state index in [4.69, 9.17) is 0 Å². The predicted octanol–water partition coefficient (Wildman–Crippen LogP) is -0.109. The van der Waals surface area contributed by atoms with Crippen molar-refractivity contribution < 1.29 is 4.79 Å². The highest BCUT2D eigenvalue weighted by atomic mass is 16.1. The summed E-state index contributed by atoms with van der Waals surface area (Å²) in [5.41, 5.74) is 0.250. The zero-order chi connectivity index (χ0) is 7.56. The molecule has 1 aromatic rings. The number of H-pyrrole nitrogens is 1. The van der Waals surface area contributed by atoms with Crippen LogP contribution in [0.2, 0.25) is 0 Å². The van der Waals surface area contributed by atoms with Crippen LogP contribution in [0.1, 0.15) is 16.3 Å². The van der Waals surface area contributed by atoms with E-state index >= 15 is 0 Å². The lowest BCUT2D eigenvalue weighted by Gasteiger charge is -1.90. The first-order valence-corrected chi connectivity index (χ1v) is 2.75. The fraction of sp³-hybridized carbons (Fsp3) is 0.167. The largest absolute Gasteiger partial charge is 0.304 e. The first-order valence-electron chi connectivity index (χ1n) is 2.75. The molecule has 4 heteroatoms. The summed E-state index contributed by atoms with van der Waals surface area (Å²) in [6.45, 7) is 1.66. The summed E-state index contributed by atoms with van der Waals surface area (Å²) in [5.74, 6) is 0.0741. The van der Waals surface area contributed by atoms with Gasteiger partial charge in [-0.3, -0.25) is 9.59 Å². The van der Waals surface area contributed by atoms with Crippen molar-refractivity contribution >= 4 is 6.29 Å². The molecule has 0 fully saturated rings. The SMILES string of the molecule is Cc1cc(=O)[nH]c(C=O)n1. The molecule has 1 heterocycles. The molecule has 52 valence electrons. The number of aryl methyl sites for hydroxylation is 1. The molecule has 0 saturated carbocycles. The second kappa shape index (κ2) is 2.43. The lowest BCUT2D eigenvalue weighted by atomic mass is 10.4. The Bertz CT molecular complexity index is 303. The van der Waals surface area contributed by atoms with E-state index in [-0.39, 0.29) is 11.4 Å². The fourth-order valence-electron chi connectivity index (χ4n) is 0.658. The van der Waals surface area contributed by atoms with Gasteiger partial charge in [0.2, 0.25) is 0 Å². The lowest BCUT2D eigenvalue weighted by Crippen LogP contribution is -2.10. The maximum atomic E-state index is 10.6. The van der Waals surface area contributed by atoms with Gasteiger partial charge in [-0.05, 0) is 6.92 Å². The van der Waals surface area contributed by atoms with Crippen molar-refractivity contribution in [3.63, 3.8) is 0 Å². The highest BCUT2D eigenvalue weighted by Crippen LogP contribution is 1.84. The lowest BCUT2D eigenvalue weighted by molar-refractivity contribution is 0.111. The second-order valence-electron chi connectivity index (χ2n) is 1.89. The molecule has 1 aromatic heterocycles. The van der Waals surface area contributed by atoms with Crippen LogP contribution in [0, 0.1) is 6.92 Å².